The number of hydrogen-bond donors (Lipinski definition) is 1. The van der Waals surface area contributed by atoms with Crippen LogP contribution in [0.1, 0.15) is 12.5 Å². The third kappa shape index (κ3) is 6.33. The molecule has 0 atom stereocenters. The Morgan fingerprint density at radius 2 is 1.90 bits per heavy atom. The van der Waals surface area contributed by atoms with Crippen molar-refractivity contribution in [3.05, 3.63) is 23.9 Å². The highest BCUT2D eigenvalue weighted by Gasteiger charge is 2.24. The van der Waals surface area contributed by atoms with E-state index in [4.69, 9.17) is 9.47 Å². The zero-order chi connectivity index (χ0) is 19.8. The molecule has 162 valence electrons. The van der Waals surface area contributed by atoms with Crippen molar-refractivity contribution in [1.29, 1.82) is 0 Å². The number of morpholine rings is 1. The maximum Gasteiger partial charge on any atom is 0.409 e. The highest BCUT2D eigenvalue weighted by Crippen LogP contribution is 2.18. The molecule has 1 N–H and O–H groups in total. The fourth-order valence-electron chi connectivity index (χ4n) is 3.45. The van der Waals surface area contributed by atoms with Crippen molar-refractivity contribution in [2.75, 3.05) is 71.0 Å². The Bertz CT molecular complexity index is 676. The molecular formula is C19H31IN6O3. The van der Waals surface area contributed by atoms with E-state index in [1.54, 1.807) is 11.9 Å². The molecule has 0 unspecified atom stereocenters. The summed E-state index contributed by atoms with van der Waals surface area (Å²) in [5.41, 5.74) is 1.13. The lowest BCUT2D eigenvalue weighted by atomic mass is 10.2. The van der Waals surface area contributed by atoms with E-state index in [9.17, 15) is 4.79 Å². The number of anilines is 1. The lowest BCUT2D eigenvalue weighted by molar-refractivity contribution is 0.0914. The van der Waals surface area contributed by atoms with E-state index in [-0.39, 0.29) is 30.1 Å². The first-order valence-corrected chi connectivity index (χ1v) is 9.86. The van der Waals surface area contributed by atoms with Crippen LogP contribution in [0.3, 0.4) is 0 Å². The zero-order valence-corrected chi connectivity index (χ0v) is 19.5. The molecule has 0 bridgehead atoms. The molecule has 3 rings (SSSR count). The van der Waals surface area contributed by atoms with E-state index < -0.39 is 0 Å². The van der Waals surface area contributed by atoms with Crippen molar-refractivity contribution in [3.63, 3.8) is 0 Å². The van der Waals surface area contributed by atoms with Gasteiger partial charge >= 0.3 is 6.09 Å². The van der Waals surface area contributed by atoms with Crippen LogP contribution >= 0.6 is 24.0 Å². The number of aromatic nitrogens is 1. The molecule has 29 heavy (non-hydrogen) atoms. The summed E-state index contributed by atoms with van der Waals surface area (Å²) in [6, 6.07) is 4.05. The number of nitrogens with zero attached hydrogens (tertiary/aromatic N) is 5. The molecule has 0 spiro atoms. The quantitative estimate of drug-likeness (QED) is 0.367. The fraction of sp³-hybridized carbons (Fsp3) is 0.632. The van der Waals surface area contributed by atoms with Gasteiger partial charge in [0.1, 0.15) is 5.82 Å². The molecule has 0 aromatic carbocycles. The van der Waals surface area contributed by atoms with E-state index >= 15 is 0 Å². The van der Waals surface area contributed by atoms with Crippen LogP contribution in [-0.4, -0.2) is 93.0 Å². The Kier molecular flexibility index (Phi) is 9.71. The van der Waals surface area contributed by atoms with Gasteiger partial charge in [0.2, 0.25) is 0 Å². The largest absolute Gasteiger partial charge is 0.450 e. The van der Waals surface area contributed by atoms with Gasteiger partial charge in [0.15, 0.2) is 5.96 Å². The van der Waals surface area contributed by atoms with Crippen LogP contribution in [-0.2, 0) is 16.0 Å². The summed E-state index contributed by atoms with van der Waals surface area (Å²) in [7, 11) is 1.78. The number of aliphatic imine (C=N–C) groups is 1. The molecular weight excluding hydrogens is 487 g/mol. The van der Waals surface area contributed by atoms with Crippen LogP contribution in [0.25, 0.3) is 0 Å². The van der Waals surface area contributed by atoms with Crippen LogP contribution in [0.2, 0.25) is 0 Å². The van der Waals surface area contributed by atoms with Gasteiger partial charge in [0, 0.05) is 64.6 Å². The second kappa shape index (κ2) is 12.0. The number of piperazine rings is 1. The van der Waals surface area contributed by atoms with Crippen LogP contribution in [0.4, 0.5) is 10.6 Å². The molecule has 3 heterocycles. The Hall–Kier alpha value is -1.82. The summed E-state index contributed by atoms with van der Waals surface area (Å²) in [5, 5.41) is 3.45. The first-order chi connectivity index (χ1) is 13.7. The first-order valence-electron chi connectivity index (χ1n) is 9.86. The Balaban J connectivity index is 0.00000300. The van der Waals surface area contributed by atoms with Crippen LogP contribution < -0.4 is 10.2 Å². The molecule has 1 aromatic heterocycles. The van der Waals surface area contributed by atoms with Gasteiger partial charge in [-0.2, -0.15) is 0 Å². The van der Waals surface area contributed by atoms with Crippen molar-refractivity contribution in [2.45, 2.75) is 13.5 Å². The van der Waals surface area contributed by atoms with E-state index in [0.29, 0.717) is 26.2 Å². The molecule has 2 saturated heterocycles. The number of carbonyl (C=O) groups excluding carboxylic acids is 1. The van der Waals surface area contributed by atoms with Crippen LogP contribution in [0, 0.1) is 0 Å². The van der Waals surface area contributed by atoms with Crippen molar-refractivity contribution >= 4 is 41.8 Å². The second-order valence-corrected chi connectivity index (χ2v) is 6.66. The third-order valence-corrected chi connectivity index (χ3v) is 4.93. The zero-order valence-electron chi connectivity index (χ0n) is 17.2. The van der Waals surface area contributed by atoms with Crippen molar-refractivity contribution in [2.24, 2.45) is 4.99 Å². The number of halogens is 1. The van der Waals surface area contributed by atoms with Gasteiger partial charge in [-0.05, 0) is 13.0 Å². The minimum atomic E-state index is -0.240. The highest BCUT2D eigenvalue weighted by atomic mass is 127. The standard InChI is InChI=1S/C19H30N6O3.HI/c1-3-28-19(26)25-9-7-24(8-10-25)18(20-2)22-15-16-5-4-6-21-17(16)23-11-13-27-14-12-23;/h4-6H,3,7-15H2,1-2H3,(H,20,22);1H. The van der Waals surface area contributed by atoms with Crippen molar-refractivity contribution < 1.29 is 14.3 Å². The fourth-order valence-corrected chi connectivity index (χ4v) is 3.45. The van der Waals surface area contributed by atoms with Gasteiger partial charge < -0.3 is 29.5 Å². The van der Waals surface area contributed by atoms with E-state index in [2.05, 4.69) is 31.2 Å². The number of rotatable bonds is 4. The number of nitrogens with one attached hydrogen (secondary N) is 1. The summed E-state index contributed by atoms with van der Waals surface area (Å²) in [4.78, 5) is 27.0. The number of guanidine groups is 1. The van der Waals surface area contributed by atoms with Crippen molar-refractivity contribution in [1.82, 2.24) is 20.1 Å². The average Bonchev–Trinajstić information content (AvgIpc) is 2.76. The molecule has 9 nitrogen and oxygen atoms in total. The Morgan fingerprint density at radius 1 is 1.21 bits per heavy atom. The summed E-state index contributed by atoms with van der Waals surface area (Å²) in [6.07, 6.45) is 1.59. The first kappa shape index (κ1) is 23.5. The molecule has 0 radical (unpaired) electrons. The normalized spacial score (nSPS) is 17.6. The number of ether oxygens (including phenoxy) is 2. The molecule has 1 aromatic rings. The molecule has 0 saturated carbocycles. The minimum absolute atomic E-state index is 0. The van der Waals surface area contributed by atoms with E-state index in [1.165, 1.54) is 0 Å². The minimum Gasteiger partial charge on any atom is -0.450 e. The lowest BCUT2D eigenvalue weighted by Crippen LogP contribution is -2.53. The van der Waals surface area contributed by atoms with Crippen molar-refractivity contribution in [3.8, 4) is 0 Å². The van der Waals surface area contributed by atoms with Gasteiger partial charge in [0.05, 0.1) is 19.8 Å². The van der Waals surface area contributed by atoms with Gasteiger partial charge in [0.25, 0.3) is 0 Å². The summed E-state index contributed by atoms with van der Waals surface area (Å²) in [5.74, 6) is 1.83. The maximum absolute atomic E-state index is 11.9. The molecule has 2 fully saturated rings. The highest BCUT2D eigenvalue weighted by molar-refractivity contribution is 14.0. The SMILES string of the molecule is CCOC(=O)N1CCN(C(=NC)NCc2cccnc2N2CCOCC2)CC1.I. The monoisotopic (exact) mass is 518 g/mol. The number of hydrogen-bond acceptors (Lipinski definition) is 6. The molecule has 0 aliphatic carbocycles. The predicted molar refractivity (Wildman–Crippen MR) is 123 cm³/mol. The lowest BCUT2D eigenvalue weighted by Gasteiger charge is -2.36. The molecule has 10 heteroatoms. The predicted octanol–water partition coefficient (Wildman–Crippen LogP) is 1.39. The average molecular weight is 518 g/mol. The summed E-state index contributed by atoms with van der Waals surface area (Å²) in [6.45, 7) is 8.75. The second-order valence-electron chi connectivity index (χ2n) is 6.66. The maximum atomic E-state index is 11.9. The van der Waals surface area contributed by atoms with Crippen LogP contribution in [0.5, 0.6) is 0 Å². The van der Waals surface area contributed by atoms with Gasteiger partial charge in [-0.25, -0.2) is 9.78 Å². The Morgan fingerprint density at radius 3 is 2.55 bits per heavy atom. The van der Waals surface area contributed by atoms with E-state index in [0.717, 1.165) is 56.7 Å². The number of carbonyl (C=O) groups is 1. The molecule has 1 amide bonds. The molecule has 2 aliphatic heterocycles. The van der Waals surface area contributed by atoms with E-state index in [1.807, 2.05) is 19.2 Å². The van der Waals surface area contributed by atoms with Gasteiger partial charge in [-0.3, -0.25) is 4.99 Å². The Labute approximate surface area is 189 Å². The topological polar surface area (TPSA) is 82.5 Å². The number of pyridine rings is 1. The smallest absolute Gasteiger partial charge is 0.409 e. The molecule has 2 aliphatic rings. The van der Waals surface area contributed by atoms with Gasteiger partial charge in [-0.1, -0.05) is 6.07 Å². The summed E-state index contributed by atoms with van der Waals surface area (Å²) < 4.78 is 10.5. The third-order valence-electron chi connectivity index (χ3n) is 4.93. The number of amides is 1. The summed E-state index contributed by atoms with van der Waals surface area (Å²) >= 11 is 0. The van der Waals surface area contributed by atoms with Crippen LogP contribution in [0.15, 0.2) is 23.3 Å². The van der Waals surface area contributed by atoms with Gasteiger partial charge in [-0.15, -0.1) is 24.0 Å².